The number of carbonyl (C=O) groups excluding carboxylic acids is 1. The van der Waals surface area contributed by atoms with Crippen LogP contribution in [0.5, 0.6) is 5.88 Å². The van der Waals surface area contributed by atoms with Crippen LogP contribution < -0.4 is 10.1 Å². The number of nitrogens with zero attached hydrogens (tertiary/aromatic N) is 2. The van der Waals surface area contributed by atoms with Gasteiger partial charge < -0.3 is 10.1 Å². The van der Waals surface area contributed by atoms with Crippen molar-refractivity contribution < 1.29 is 9.53 Å². The van der Waals surface area contributed by atoms with Crippen molar-refractivity contribution in [3.63, 3.8) is 0 Å². The molecule has 3 rings (SSSR count). The number of halogens is 2. The van der Waals surface area contributed by atoms with E-state index in [9.17, 15) is 4.79 Å². The number of fused-ring (bicyclic) bond motifs is 1. The molecular weight excluding hydrogens is 301 g/mol. The number of nitrogens with one attached hydrogen (secondary N) is 1. The summed E-state index contributed by atoms with van der Waals surface area (Å²) in [5.74, 6) is 0.262. The number of benzene rings is 1. The molecule has 0 saturated heterocycles. The Balaban J connectivity index is 1.82. The molecule has 0 spiro atoms. The number of anilines is 1. The summed E-state index contributed by atoms with van der Waals surface area (Å²) >= 11 is 11.9. The highest BCUT2D eigenvalue weighted by atomic mass is 35.5. The minimum atomic E-state index is -0.348. The van der Waals surface area contributed by atoms with Gasteiger partial charge in [0.25, 0.3) is 5.91 Å². The van der Waals surface area contributed by atoms with E-state index >= 15 is 0 Å². The molecule has 2 heterocycles. The zero-order valence-corrected chi connectivity index (χ0v) is 11.9. The molecule has 2 aromatic rings. The fraction of sp³-hybridized carbons (Fsp3) is 0.231. The smallest absolute Gasteiger partial charge is 0.276 e. The van der Waals surface area contributed by atoms with E-state index in [0.717, 1.165) is 13.0 Å². The van der Waals surface area contributed by atoms with Gasteiger partial charge in [0.2, 0.25) is 5.88 Å². The average molecular weight is 312 g/mol. The van der Waals surface area contributed by atoms with E-state index in [4.69, 9.17) is 27.9 Å². The van der Waals surface area contributed by atoms with Crippen LogP contribution in [0.15, 0.2) is 24.3 Å². The molecule has 104 valence electrons. The van der Waals surface area contributed by atoms with Crippen molar-refractivity contribution in [2.75, 3.05) is 11.9 Å². The number of aromatic nitrogens is 2. The second-order valence-corrected chi connectivity index (χ2v) is 5.21. The van der Waals surface area contributed by atoms with E-state index in [1.807, 2.05) is 0 Å². The predicted octanol–water partition coefficient (Wildman–Crippen LogP) is 3.22. The fourth-order valence-electron chi connectivity index (χ4n) is 1.96. The lowest BCUT2D eigenvalue weighted by Gasteiger charge is -2.13. The summed E-state index contributed by atoms with van der Waals surface area (Å²) in [6.45, 7) is 1.40. The highest BCUT2D eigenvalue weighted by molar-refractivity contribution is 6.35. The molecule has 5 nitrogen and oxygen atoms in total. The number of rotatable bonds is 2. The van der Waals surface area contributed by atoms with Crippen molar-refractivity contribution in [1.82, 2.24) is 9.78 Å². The summed E-state index contributed by atoms with van der Waals surface area (Å²) in [7, 11) is 0. The van der Waals surface area contributed by atoms with Gasteiger partial charge >= 0.3 is 0 Å². The second-order valence-electron chi connectivity index (χ2n) is 4.37. The van der Waals surface area contributed by atoms with Gasteiger partial charge in [0.15, 0.2) is 5.69 Å². The fourth-order valence-corrected chi connectivity index (χ4v) is 2.29. The normalized spacial score (nSPS) is 13.5. The van der Waals surface area contributed by atoms with Gasteiger partial charge in [0, 0.05) is 24.1 Å². The van der Waals surface area contributed by atoms with Crippen molar-refractivity contribution >= 4 is 34.8 Å². The lowest BCUT2D eigenvalue weighted by Crippen LogP contribution is -2.16. The quantitative estimate of drug-likeness (QED) is 0.926. The monoisotopic (exact) mass is 311 g/mol. The van der Waals surface area contributed by atoms with Gasteiger partial charge in [-0.2, -0.15) is 5.10 Å². The van der Waals surface area contributed by atoms with E-state index in [-0.39, 0.29) is 11.6 Å². The van der Waals surface area contributed by atoms with Crippen LogP contribution in [0.3, 0.4) is 0 Å². The van der Waals surface area contributed by atoms with Crippen molar-refractivity contribution in [2.45, 2.75) is 13.0 Å². The van der Waals surface area contributed by atoms with Gasteiger partial charge in [0.1, 0.15) is 0 Å². The molecule has 0 radical (unpaired) electrons. The highest BCUT2D eigenvalue weighted by Crippen LogP contribution is 2.26. The first-order chi connectivity index (χ1) is 9.63. The Labute approximate surface area is 125 Å². The van der Waals surface area contributed by atoms with Crippen LogP contribution in [0.2, 0.25) is 10.0 Å². The molecule has 1 amide bonds. The van der Waals surface area contributed by atoms with Crippen LogP contribution in [-0.4, -0.2) is 22.3 Å². The Morgan fingerprint density at radius 3 is 3.00 bits per heavy atom. The number of hydrogen-bond donors (Lipinski definition) is 1. The third kappa shape index (κ3) is 2.59. The van der Waals surface area contributed by atoms with Gasteiger partial charge in [-0.05, 0) is 18.2 Å². The van der Waals surface area contributed by atoms with E-state index in [0.29, 0.717) is 28.2 Å². The lowest BCUT2D eigenvalue weighted by molar-refractivity contribution is 0.102. The van der Waals surface area contributed by atoms with E-state index in [2.05, 4.69) is 10.4 Å². The van der Waals surface area contributed by atoms with Gasteiger partial charge in [-0.25, -0.2) is 4.68 Å². The minimum Gasteiger partial charge on any atom is -0.478 e. The number of amides is 1. The van der Waals surface area contributed by atoms with Crippen LogP contribution >= 0.6 is 23.2 Å². The van der Waals surface area contributed by atoms with Crippen LogP contribution in [0.4, 0.5) is 5.69 Å². The molecular formula is C13H11Cl2N3O2. The minimum absolute atomic E-state index is 0.290. The van der Waals surface area contributed by atoms with Crippen molar-refractivity contribution in [3.05, 3.63) is 40.0 Å². The Morgan fingerprint density at radius 1 is 1.35 bits per heavy atom. The molecule has 1 aromatic heterocycles. The van der Waals surface area contributed by atoms with Gasteiger partial charge in [-0.1, -0.05) is 23.2 Å². The maximum Gasteiger partial charge on any atom is 0.276 e. The molecule has 0 saturated carbocycles. The summed E-state index contributed by atoms with van der Waals surface area (Å²) < 4.78 is 7.10. The van der Waals surface area contributed by atoms with E-state index < -0.39 is 0 Å². The van der Waals surface area contributed by atoms with Crippen LogP contribution in [0.25, 0.3) is 0 Å². The van der Waals surface area contributed by atoms with Crippen LogP contribution in [0, 0.1) is 0 Å². The van der Waals surface area contributed by atoms with Crippen LogP contribution in [0.1, 0.15) is 16.9 Å². The zero-order valence-electron chi connectivity index (χ0n) is 10.4. The average Bonchev–Trinajstić information content (AvgIpc) is 2.87. The Kier molecular flexibility index (Phi) is 3.54. The molecule has 0 fully saturated rings. The Morgan fingerprint density at radius 2 is 2.20 bits per heavy atom. The molecule has 0 unspecified atom stereocenters. The maximum atomic E-state index is 12.2. The molecule has 1 N–H and O–H groups in total. The number of ether oxygens (including phenoxy) is 1. The number of carbonyl (C=O) groups is 1. The van der Waals surface area contributed by atoms with Gasteiger partial charge in [-0.15, -0.1) is 0 Å². The largest absolute Gasteiger partial charge is 0.478 e. The summed E-state index contributed by atoms with van der Waals surface area (Å²) in [6.07, 6.45) is 0.885. The first-order valence-corrected chi connectivity index (χ1v) is 6.86. The van der Waals surface area contributed by atoms with Crippen LogP contribution in [-0.2, 0) is 6.54 Å². The SMILES string of the molecule is O=C(Nc1cc(Cl)ccc1Cl)c1cc2n(n1)CCCO2. The molecule has 1 aliphatic rings. The molecule has 1 aliphatic heterocycles. The third-order valence-electron chi connectivity index (χ3n) is 2.92. The first-order valence-electron chi connectivity index (χ1n) is 6.10. The highest BCUT2D eigenvalue weighted by Gasteiger charge is 2.18. The summed E-state index contributed by atoms with van der Waals surface area (Å²) in [6, 6.07) is 6.49. The van der Waals surface area contributed by atoms with E-state index in [1.165, 1.54) is 0 Å². The molecule has 0 atom stereocenters. The second kappa shape index (κ2) is 5.34. The van der Waals surface area contributed by atoms with E-state index in [1.54, 1.807) is 28.9 Å². The maximum absolute atomic E-state index is 12.2. The topological polar surface area (TPSA) is 56.2 Å². The van der Waals surface area contributed by atoms with Gasteiger partial charge in [-0.3, -0.25) is 4.79 Å². The number of aryl methyl sites for hydroxylation is 1. The van der Waals surface area contributed by atoms with Crippen molar-refractivity contribution in [2.24, 2.45) is 0 Å². The molecule has 20 heavy (non-hydrogen) atoms. The summed E-state index contributed by atoms with van der Waals surface area (Å²) in [5, 5.41) is 7.81. The summed E-state index contributed by atoms with van der Waals surface area (Å²) in [5.41, 5.74) is 0.744. The lowest BCUT2D eigenvalue weighted by atomic mass is 10.3. The zero-order chi connectivity index (χ0) is 14.1. The van der Waals surface area contributed by atoms with Crippen molar-refractivity contribution in [1.29, 1.82) is 0 Å². The van der Waals surface area contributed by atoms with Gasteiger partial charge in [0.05, 0.1) is 17.3 Å². The first kappa shape index (κ1) is 13.3. The number of hydrogen-bond acceptors (Lipinski definition) is 3. The summed E-state index contributed by atoms with van der Waals surface area (Å²) in [4.78, 5) is 12.2. The Bertz CT molecular complexity index is 646. The Hall–Kier alpha value is -1.72. The predicted molar refractivity (Wildman–Crippen MR) is 76.8 cm³/mol. The molecule has 7 heteroatoms. The molecule has 0 bridgehead atoms. The third-order valence-corrected chi connectivity index (χ3v) is 3.48. The standard InChI is InChI=1S/C13H11Cl2N3O2/c14-8-2-3-9(15)10(6-8)16-13(19)11-7-12-18(17-11)4-1-5-20-12/h2-3,6-7H,1,4-5H2,(H,16,19). The molecule has 0 aliphatic carbocycles. The van der Waals surface area contributed by atoms with Crippen molar-refractivity contribution in [3.8, 4) is 5.88 Å². The molecule has 1 aromatic carbocycles.